The summed E-state index contributed by atoms with van der Waals surface area (Å²) in [6.45, 7) is 2.23. The summed E-state index contributed by atoms with van der Waals surface area (Å²) in [7, 11) is 1.84. The van der Waals surface area contributed by atoms with Crippen LogP contribution in [0.25, 0.3) is 0 Å². The number of nitrogens with zero attached hydrogens (tertiary/aromatic N) is 1. The predicted octanol–water partition coefficient (Wildman–Crippen LogP) is 2.42. The Bertz CT molecular complexity index is 487. The lowest BCUT2D eigenvalue weighted by Crippen LogP contribution is -2.40. The second-order valence-electron chi connectivity index (χ2n) is 5.43. The largest absolute Gasteiger partial charge is 0.337 e. The number of hydrogen-bond acceptors (Lipinski definition) is 2. The fraction of sp³-hybridized carbons (Fsp3) is 0.600. The molecule has 0 aromatic carbocycles. The summed E-state index contributed by atoms with van der Waals surface area (Å²) < 4.78 is 0. The molecule has 1 heterocycles. The van der Waals surface area contributed by atoms with E-state index >= 15 is 0 Å². The zero-order valence-electron chi connectivity index (χ0n) is 11.7. The van der Waals surface area contributed by atoms with Crippen LogP contribution in [0.15, 0.2) is 23.0 Å². The first-order chi connectivity index (χ1) is 9.11. The summed E-state index contributed by atoms with van der Waals surface area (Å²) in [6.07, 6.45) is 5.76. The van der Waals surface area contributed by atoms with Crippen LogP contribution in [0.1, 0.15) is 49.5 Å². The molecular formula is C15H22N2O2. The number of aromatic nitrogens is 1. The van der Waals surface area contributed by atoms with Crippen molar-refractivity contribution in [3.05, 3.63) is 34.2 Å². The molecule has 1 aliphatic rings. The molecule has 0 spiro atoms. The van der Waals surface area contributed by atoms with Gasteiger partial charge in [0.15, 0.2) is 0 Å². The first kappa shape index (κ1) is 13.8. The van der Waals surface area contributed by atoms with Gasteiger partial charge in [-0.15, -0.1) is 0 Å². The molecule has 1 N–H and O–H groups in total. The van der Waals surface area contributed by atoms with Crippen LogP contribution in [0, 0.1) is 5.92 Å². The lowest BCUT2D eigenvalue weighted by molar-refractivity contribution is 0.0668. The van der Waals surface area contributed by atoms with E-state index in [-0.39, 0.29) is 11.5 Å². The zero-order chi connectivity index (χ0) is 13.8. The smallest absolute Gasteiger partial charge is 0.270 e. The van der Waals surface area contributed by atoms with Gasteiger partial charge in [0, 0.05) is 19.2 Å². The Hall–Kier alpha value is -1.58. The van der Waals surface area contributed by atoms with Crippen LogP contribution in [0.2, 0.25) is 0 Å². The molecule has 1 fully saturated rings. The minimum atomic E-state index is -0.228. The van der Waals surface area contributed by atoms with Crippen LogP contribution in [-0.4, -0.2) is 28.9 Å². The summed E-state index contributed by atoms with van der Waals surface area (Å²) in [6, 6.07) is 5.01. The lowest BCUT2D eigenvalue weighted by atomic mass is 9.84. The number of carbonyl (C=O) groups excluding carboxylic acids is 1. The topological polar surface area (TPSA) is 53.2 Å². The molecule has 1 amide bonds. The third kappa shape index (κ3) is 3.25. The fourth-order valence-electron chi connectivity index (χ4n) is 2.87. The van der Waals surface area contributed by atoms with Crippen molar-refractivity contribution in [3.63, 3.8) is 0 Å². The second-order valence-corrected chi connectivity index (χ2v) is 5.43. The molecule has 4 nitrogen and oxygen atoms in total. The highest BCUT2D eigenvalue weighted by molar-refractivity contribution is 5.92. The molecule has 0 atom stereocenters. The van der Waals surface area contributed by atoms with E-state index in [4.69, 9.17) is 0 Å². The molecule has 0 saturated heterocycles. The van der Waals surface area contributed by atoms with Crippen LogP contribution < -0.4 is 5.56 Å². The Morgan fingerprint density at radius 3 is 2.58 bits per heavy atom. The number of H-pyrrole nitrogens is 1. The van der Waals surface area contributed by atoms with Gasteiger partial charge in [-0.25, -0.2) is 0 Å². The number of nitrogens with one attached hydrogen (secondary N) is 1. The average Bonchev–Trinajstić information content (AvgIpc) is 2.46. The monoisotopic (exact) mass is 262 g/mol. The molecule has 0 bridgehead atoms. The average molecular weight is 262 g/mol. The fourth-order valence-corrected chi connectivity index (χ4v) is 2.87. The van der Waals surface area contributed by atoms with E-state index in [9.17, 15) is 9.59 Å². The summed E-state index contributed by atoms with van der Waals surface area (Å²) in [4.78, 5) is 27.9. The van der Waals surface area contributed by atoms with Gasteiger partial charge in [0.2, 0.25) is 5.56 Å². The van der Waals surface area contributed by atoms with Gasteiger partial charge < -0.3 is 9.88 Å². The summed E-state index contributed by atoms with van der Waals surface area (Å²) in [5, 5.41) is 0. The van der Waals surface area contributed by atoms with E-state index in [1.165, 1.54) is 25.3 Å². The van der Waals surface area contributed by atoms with Crippen LogP contribution in [0.5, 0.6) is 0 Å². The number of amides is 1. The maximum atomic E-state index is 12.3. The highest BCUT2D eigenvalue weighted by Gasteiger charge is 2.26. The quantitative estimate of drug-likeness (QED) is 0.909. The SMILES string of the molecule is CCC1CCC(N(C)C(=O)c2cccc(=O)[nH]2)CC1. The van der Waals surface area contributed by atoms with Crippen molar-refractivity contribution in [2.75, 3.05) is 7.05 Å². The Labute approximate surface area is 113 Å². The van der Waals surface area contributed by atoms with Crippen molar-refractivity contribution in [1.29, 1.82) is 0 Å². The molecule has 1 aromatic heterocycles. The van der Waals surface area contributed by atoms with Gasteiger partial charge in [0.25, 0.3) is 5.91 Å². The zero-order valence-corrected chi connectivity index (χ0v) is 11.7. The van der Waals surface area contributed by atoms with Crippen molar-refractivity contribution in [3.8, 4) is 0 Å². The van der Waals surface area contributed by atoms with Gasteiger partial charge in [-0.1, -0.05) is 19.4 Å². The number of pyridine rings is 1. The van der Waals surface area contributed by atoms with E-state index in [2.05, 4.69) is 11.9 Å². The predicted molar refractivity (Wildman–Crippen MR) is 75.2 cm³/mol. The molecule has 104 valence electrons. The van der Waals surface area contributed by atoms with Crippen LogP contribution in [0.3, 0.4) is 0 Å². The highest BCUT2D eigenvalue weighted by Crippen LogP contribution is 2.29. The Balaban J connectivity index is 2.02. The molecule has 0 radical (unpaired) electrons. The Morgan fingerprint density at radius 1 is 1.32 bits per heavy atom. The van der Waals surface area contributed by atoms with Crippen LogP contribution in [-0.2, 0) is 0 Å². The standard InChI is InChI=1S/C15H22N2O2/c1-3-11-7-9-12(10-8-11)17(2)15(19)13-5-4-6-14(18)16-13/h4-6,11-12H,3,7-10H2,1-2H3,(H,16,18). The normalized spacial score (nSPS) is 23.1. The molecular weight excluding hydrogens is 240 g/mol. The van der Waals surface area contributed by atoms with Crippen molar-refractivity contribution >= 4 is 5.91 Å². The Kier molecular flexibility index (Phi) is 4.40. The van der Waals surface area contributed by atoms with Gasteiger partial charge in [0.1, 0.15) is 5.69 Å². The van der Waals surface area contributed by atoms with Gasteiger partial charge >= 0.3 is 0 Å². The van der Waals surface area contributed by atoms with Crippen molar-refractivity contribution in [2.24, 2.45) is 5.92 Å². The molecule has 1 aromatic rings. The van der Waals surface area contributed by atoms with Gasteiger partial charge in [0.05, 0.1) is 0 Å². The van der Waals surface area contributed by atoms with E-state index in [1.54, 1.807) is 17.0 Å². The maximum Gasteiger partial charge on any atom is 0.270 e. The molecule has 19 heavy (non-hydrogen) atoms. The van der Waals surface area contributed by atoms with E-state index < -0.39 is 0 Å². The summed E-state index contributed by atoms with van der Waals surface area (Å²) >= 11 is 0. The summed E-state index contributed by atoms with van der Waals surface area (Å²) in [5.74, 6) is 0.730. The summed E-state index contributed by atoms with van der Waals surface area (Å²) in [5.41, 5.74) is 0.154. The van der Waals surface area contributed by atoms with Crippen molar-refractivity contribution in [1.82, 2.24) is 9.88 Å². The third-order valence-electron chi connectivity index (χ3n) is 4.26. The van der Waals surface area contributed by atoms with E-state index in [1.807, 2.05) is 7.05 Å². The number of carbonyl (C=O) groups is 1. The first-order valence-corrected chi connectivity index (χ1v) is 7.08. The van der Waals surface area contributed by atoms with Crippen LogP contribution >= 0.6 is 0 Å². The third-order valence-corrected chi connectivity index (χ3v) is 4.26. The molecule has 0 unspecified atom stereocenters. The Morgan fingerprint density at radius 2 is 2.00 bits per heavy atom. The van der Waals surface area contributed by atoms with Crippen LogP contribution in [0.4, 0.5) is 0 Å². The minimum absolute atomic E-state index is 0.0855. The molecule has 1 aliphatic carbocycles. The first-order valence-electron chi connectivity index (χ1n) is 7.08. The van der Waals surface area contributed by atoms with Gasteiger partial charge in [-0.3, -0.25) is 9.59 Å². The maximum absolute atomic E-state index is 12.3. The lowest BCUT2D eigenvalue weighted by Gasteiger charge is -2.34. The van der Waals surface area contributed by atoms with Crippen molar-refractivity contribution < 1.29 is 4.79 Å². The van der Waals surface area contributed by atoms with E-state index in [0.29, 0.717) is 11.7 Å². The molecule has 4 heteroatoms. The van der Waals surface area contributed by atoms with Gasteiger partial charge in [-0.2, -0.15) is 0 Å². The van der Waals surface area contributed by atoms with Gasteiger partial charge in [-0.05, 0) is 37.7 Å². The van der Waals surface area contributed by atoms with Crippen molar-refractivity contribution in [2.45, 2.75) is 45.1 Å². The molecule has 2 rings (SSSR count). The second kappa shape index (κ2) is 6.04. The van der Waals surface area contributed by atoms with E-state index in [0.717, 1.165) is 18.8 Å². The number of aromatic amines is 1. The molecule has 1 saturated carbocycles. The minimum Gasteiger partial charge on any atom is -0.337 e. The highest BCUT2D eigenvalue weighted by atomic mass is 16.2. The molecule has 0 aliphatic heterocycles. The number of rotatable bonds is 3. The number of hydrogen-bond donors (Lipinski definition) is 1.